The maximum atomic E-state index is 11.7. The molecule has 0 aliphatic heterocycles. The van der Waals surface area contributed by atoms with E-state index in [1.807, 2.05) is 0 Å². The summed E-state index contributed by atoms with van der Waals surface area (Å²) in [5.74, 6) is 3.17. The fraction of sp³-hybridized carbons (Fsp3) is 0.667. The topological polar surface area (TPSA) is 40.5 Å². The van der Waals surface area contributed by atoms with Crippen LogP contribution in [0.3, 0.4) is 0 Å². The molecule has 0 atom stereocenters. The maximum Gasteiger partial charge on any atom is 0.122 e. The number of phenolic OH excluding ortho intramolecular Hbond substituents is 2. The average Bonchev–Trinajstić information content (AvgIpc) is 2.99. The van der Waals surface area contributed by atoms with Crippen molar-refractivity contribution in [3.05, 3.63) is 46.5 Å². The van der Waals surface area contributed by atoms with Gasteiger partial charge in [-0.05, 0) is 133 Å². The van der Waals surface area contributed by atoms with Gasteiger partial charge < -0.3 is 10.2 Å². The molecule has 2 N–H and O–H groups in total. The zero-order chi connectivity index (χ0) is 25.9. The van der Waals surface area contributed by atoms with Crippen LogP contribution in [-0.2, 0) is 0 Å². The summed E-state index contributed by atoms with van der Waals surface area (Å²) in [5.41, 5.74) is 7.45. The van der Waals surface area contributed by atoms with E-state index in [2.05, 4.69) is 24.3 Å². The van der Waals surface area contributed by atoms with E-state index in [9.17, 15) is 10.2 Å². The summed E-state index contributed by atoms with van der Waals surface area (Å²) >= 11 is 0. The molecule has 4 fully saturated rings. The van der Waals surface area contributed by atoms with Crippen molar-refractivity contribution in [1.82, 2.24) is 0 Å². The van der Waals surface area contributed by atoms with Crippen molar-refractivity contribution in [1.29, 1.82) is 0 Å². The lowest BCUT2D eigenvalue weighted by Crippen LogP contribution is -2.11. The summed E-state index contributed by atoms with van der Waals surface area (Å²) in [7, 11) is 0. The van der Waals surface area contributed by atoms with Gasteiger partial charge in [-0.3, -0.25) is 0 Å². The highest BCUT2D eigenvalue weighted by atomic mass is 16.3. The molecule has 2 aromatic rings. The SMILES string of the molecule is Oc1c(C2CCCCC2)cc(-c2cc(C3CCCCC3)c(O)c(C3CCCCC3)c2)cc1C1CCCCC1. The molecule has 2 aromatic carbocycles. The number of hydrogen-bond acceptors (Lipinski definition) is 2. The first kappa shape index (κ1) is 26.3. The van der Waals surface area contributed by atoms with Crippen LogP contribution >= 0.6 is 0 Å². The van der Waals surface area contributed by atoms with Crippen molar-refractivity contribution in [3.8, 4) is 22.6 Å². The summed E-state index contributed by atoms with van der Waals surface area (Å²) in [4.78, 5) is 0. The first-order valence-corrected chi connectivity index (χ1v) is 16.4. The molecule has 0 amide bonds. The van der Waals surface area contributed by atoms with E-state index in [-0.39, 0.29) is 0 Å². The molecule has 0 radical (unpaired) electrons. The number of benzene rings is 2. The van der Waals surface area contributed by atoms with E-state index in [0.717, 1.165) is 0 Å². The molecule has 4 saturated carbocycles. The first-order chi connectivity index (χ1) is 18.7. The fourth-order valence-electron chi connectivity index (χ4n) is 8.59. The second-order valence-corrected chi connectivity index (χ2v) is 13.3. The number of hydrogen-bond donors (Lipinski definition) is 2. The smallest absolute Gasteiger partial charge is 0.122 e. The predicted molar refractivity (Wildman–Crippen MR) is 159 cm³/mol. The van der Waals surface area contributed by atoms with E-state index >= 15 is 0 Å². The number of aromatic hydroxyl groups is 2. The Morgan fingerprint density at radius 1 is 0.342 bits per heavy atom. The molecule has 0 saturated heterocycles. The third-order valence-electron chi connectivity index (χ3n) is 10.9. The lowest BCUT2D eigenvalue weighted by atomic mass is 9.76. The highest BCUT2D eigenvalue weighted by Gasteiger charge is 2.29. The minimum Gasteiger partial charge on any atom is -0.507 e. The molecule has 206 valence electrons. The molecule has 0 heterocycles. The van der Waals surface area contributed by atoms with Crippen molar-refractivity contribution in [2.45, 2.75) is 152 Å². The predicted octanol–water partition coefficient (Wildman–Crippen LogP) is 11.0. The van der Waals surface area contributed by atoms with Crippen LogP contribution in [0.1, 0.15) is 174 Å². The van der Waals surface area contributed by atoms with Crippen molar-refractivity contribution < 1.29 is 10.2 Å². The summed E-state index contributed by atoms with van der Waals surface area (Å²) in [6, 6.07) is 9.44. The van der Waals surface area contributed by atoms with Gasteiger partial charge in [-0.2, -0.15) is 0 Å². The summed E-state index contributed by atoms with van der Waals surface area (Å²) < 4.78 is 0. The highest BCUT2D eigenvalue weighted by Crippen LogP contribution is 2.49. The average molecular weight is 515 g/mol. The Morgan fingerprint density at radius 2 is 0.553 bits per heavy atom. The van der Waals surface area contributed by atoms with Gasteiger partial charge >= 0.3 is 0 Å². The van der Waals surface area contributed by atoms with Crippen molar-refractivity contribution in [2.75, 3.05) is 0 Å². The van der Waals surface area contributed by atoms with E-state index in [1.54, 1.807) is 0 Å². The minimum atomic E-state index is 0.485. The normalized spacial score (nSPS) is 23.1. The number of rotatable bonds is 5. The van der Waals surface area contributed by atoms with E-state index < -0.39 is 0 Å². The Balaban J connectivity index is 1.48. The van der Waals surface area contributed by atoms with Crippen molar-refractivity contribution in [3.63, 3.8) is 0 Å². The van der Waals surface area contributed by atoms with Crippen LogP contribution in [0.5, 0.6) is 11.5 Å². The molecule has 38 heavy (non-hydrogen) atoms. The van der Waals surface area contributed by atoms with Gasteiger partial charge in [0.25, 0.3) is 0 Å². The largest absolute Gasteiger partial charge is 0.507 e. The van der Waals surface area contributed by atoms with Gasteiger partial charge in [0.15, 0.2) is 0 Å². The highest BCUT2D eigenvalue weighted by molar-refractivity contribution is 5.72. The standard InChI is InChI=1S/C36H50O2/c37-35-31(25-13-5-1-6-14-25)21-29(22-32(35)26-15-7-2-8-16-26)30-23-33(27-17-9-3-10-18-27)36(38)34(24-30)28-19-11-4-12-20-28/h21-28,37-38H,1-20H2. The Morgan fingerprint density at radius 3 is 0.763 bits per heavy atom. The lowest BCUT2D eigenvalue weighted by molar-refractivity contribution is 0.392. The van der Waals surface area contributed by atoms with Crippen LogP contribution in [0.15, 0.2) is 24.3 Å². The number of phenols is 2. The summed E-state index contributed by atoms with van der Waals surface area (Å²) in [6.45, 7) is 0. The van der Waals surface area contributed by atoms with Crippen LogP contribution in [0, 0.1) is 0 Å². The van der Waals surface area contributed by atoms with Gasteiger partial charge in [-0.1, -0.05) is 77.0 Å². The molecular weight excluding hydrogens is 464 g/mol. The third kappa shape index (κ3) is 5.52. The monoisotopic (exact) mass is 514 g/mol. The van der Waals surface area contributed by atoms with Crippen LogP contribution < -0.4 is 0 Å². The van der Waals surface area contributed by atoms with Crippen molar-refractivity contribution >= 4 is 0 Å². The minimum absolute atomic E-state index is 0.485. The molecule has 4 aliphatic rings. The lowest BCUT2D eigenvalue weighted by Gasteiger charge is -2.30. The van der Waals surface area contributed by atoms with Crippen LogP contribution in [0.4, 0.5) is 0 Å². The fourth-order valence-corrected chi connectivity index (χ4v) is 8.59. The molecule has 0 aromatic heterocycles. The first-order valence-electron chi connectivity index (χ1n) is 16.4. The molecule has 0 unspecified atom stereocenters. The Kier molecular flexibility index (Phi) is 8.33. The molecule has 2 heteroatoms. The second-order valence-electron chi connectivity index (χ2n) is 13.3. The van der Waals surface area contributed by atoms with Gasteiger partial charge in [-0.15, -0.1) is 0 Å². The quantitative estimate of drug-likeness (QED) is 0.416. The van der Waals surface area contributed by atoms with Gasteiger partial charge in [0.05, 0.1) is 0 Å². The molecule has 6 rings (SSSR count). The Bertz CT molecular complexity index is 911. The molecular formula is C36H50O2. The van der Waals surface area contributed by atoms with Gasteiger partial charge in [0.2, 0.25) is 0 Å². The molecule has 0 spiro atoms. The van der Waals surface area contributed by atoms with E-state index in [0.29, 0.717) is 35.2 Å². The molecule has 2 nitrogen and oxygen atoms in total. The van der Waals surface area contributed by atoms with Gasteiger partial charge in [0.1, 0.15) is 11.5 Å². The van der Waals surface area contributed by atoms with Crippen LogP contribution in [0.25, 0.3) is 11.1 Å². The van der Waals surface area contributed by atoms with Crippen molar-refractivity contribution in [2.24, 2.45) is 0 Å². The van der Waals surface area contributed by atoms with Crippen LogP contribution in [0.2, 0.25) is 0 Å². The Labute approximate surface area is 231 Å². The summed E-state index contributed by atoms with van der Waals surface area (Å²) in [5, 5.41) is 23.4. The molecule has 0 bridgehead atoms. The second kappa shape index (κ2) is 12.1. The van der Waals surface area contributed by atoms with E-state index in [1.165, 1.54) is 162 Å². The zero-order valence-electron chi connectivity index (χ0n) is 23.7. The van der Waals surface area contributed by atoms with E-state index in [4.69, 9.17) is 0 Å². The van der Waals surface area contributed by atoms with Gasteiger partial charge in [0, 0.05) is 0 Å². The maximum absolute atomic E-state index is 11.7. The zero-order valence-corrected chi connectivity index (χ0v) is 23.7. The molecule has 4 aliphatic carbocycles. The Hall–Kier alpha value is -1.96. The summed E-state index contributed by atoms with van der Waals surface area (Å²) in [6.07, 6.45) is 25.2. The van der Waals surface area contributed by atoms with Crippen LogP contribution in [-0.4, -0.2) is 10.2 Å². The van der Waals surface area contributed by atoms with Gasteiger partial charge in [-0.25, -0.2) is 0 Å². The third-order valence-corrected chi connectivity index (χ3v) is 10.9.